The van der Waals surface area contributed by atoms with E-state index < -0.39 is 5.97 Å². The first-order chi connectivity index (χ1) is 13.0. The second-order valence-corrected chi connectivity index (χ2v) is 5.95. The van der Waals surface area contributed by atoms with Crippen molar-refractivity contribution in [2.75, 3.05) is 18.1 Å². The van der Waals surface area contributed by atoms with E-state index in [1.807, 2.05) is 30.3 Å². The highest BCUT2D eigenvalue weighted by Crippen LogP contribution is 2.17. The summed E-state index contributed by atoms with van der Waals surface area (Å²) in [6, 6.07) is 16.2. The van der Waals surface area contributed by atoms with Gasteiger partial charge < -0.3 is 15.0 Å². The molecule has 2 rings (SSSR count). The Morgan fingerprint density at radius 3 is 2.26 bits per heavy atom. The van der Waals surface area contributed by atoms with Crippen molar-refractivity contribution in [2.24, 2.45) is 0 Å². The first kappa shape index (κ1) is 20.2. The predicted molar refractivity (Wildman–Crippen MR) is 103 cm³/mol. The second kappa shape index (κ2) is 10.1. The first-order valence-corrected chi connectivity index (χ1v) is 8.87. The van der Waals surface area contributed by atoms with Gasteiger partial charge in [0.2, 0.25) is 11.8 Å². The van der Waals surface area contributed by atoms with Gasteiger partial charge >= 0.3 is 5.97 Å². The van der Waals surface area contributed by atoms with Crippen LogP contribution in [-0.2, 0) is 20.9 Å². The summed E-state index contributed by atoms with van der Waals surface area (Å²) in [6.07, 6.45) is 0.187. The van der Waals surface area contributed by atoms with Crippen molar-refractivity contribution in [1.82, 2.24) is 5.32 Å². The van der Waals surface area contributed by atoms with E-state index in [0.29, 0.717) is 24.4 Å². The normalized spacial score (nSPS) is 10.1. The van der Waals surface area contributed by atoms with Gasteiger partial charge in [-0.25, -0.2) is 4.79 Å². The number of ether oxygens (including phenoxy) is 1. The van der Waals surface area contributed by atoms with Crippen LogP contribution in [-0.4, -0.2) is 30.9 Å². The molecule has 6 heteroatoms. The number of nitrogens with one attached hydrogen (secondary N) is 1. The molecule has 0 saturated carbocycles. The SMILES string of the molecule is CCOC(=O)c1ccc(N(CCC(=O)NCc2ccccc2)C(C)=O)cc1. The largest absolute Gasteiger partial charge is 0.462 e. The van der Waals surface area contributed by atoms with E-state index in [1.165, 1.54) is 11.8 Å². The second-order valence-electron chi connectivity index (χ2n) is 5.95. The molecule has 0 bridgehead atoms. The molecular weight excluding hydrogens is 344 g/mol. The fourth-order valence-electron chi connectivity index (χ4n) is 2.56. The molecule has 2 amide bonds. The average molecular weight is 368 g/mol. The number of hydrogen-bond donors (Lipinski definition) is 1. The Hall–Kier alpha value is -3.15. The Morgan fingerprint density at radius 2 is 1.67 bits per heavy atom. The van der Waals surface area contributed by atoms with E-state index >= 15 is 0 Å². The van der Waals surface area contributed by atoms with Gasteiger partial charge in [0.1, 0.15) is 0 Å². The van der Waals surface area contributed by atoms with Crippen LogP contribution in [0.2, 0.25) is 0 Å². The van der Waals surface area contributed by atoms with Gasteiger partial charge in [0.25, 0.3) is 0 Å². The van der Waals surface area contributed by atoms with Crippen molar-refractivity contribution in [3.63, 3.8) is 0 Å². The lowest BCUT2D eigenvalue weighted by atomic mass is 10.2. The van der Waals surface area contributed by atoms with Gasteiger partial charge in [-0.3, -0.25) is 9.59 Å². The molecule has 27 heavy (non-hydrogen) atoms. The van der Waals surface area contributed by atoms with Gasteiger partial charge in [-0.2, -0.15) is 0 Å². The molecule has 0 atom stereocenters. The molecule has 0 aromatic heterocycles. The molecule has 0 fully saturated rings. The smallest absolute Gasteiger partial charge is 0.338 e. The summed E-state index contributed by atoms with van der Waals surface area (Å²) in [7, 11) is 0. The van der Waals surface area contributed by atoms with Gasteiger partial charge in [0.05, 0.1) is 12.2 Å². The molecule has 6 nitrogen and oxygen atoms in total. The summed E-state index contributed by atoms with van der Waals surface area (Å²) in [5, 5.41) is 2.84. The van der Waals surface area contributed by atoms with Crippen molar-refractivity contribution in [1.29, 1.82) is 0 Å². The van der Waals surface area contributed by atoms with Crippen LogP contribution in [0.1, 0.15) is 36.2 Å². The van der Waals surface area contributed by atoms with Crippen LogP contribution >= 0.6 is 0 Å². The minimum absolute atomic E-state index is 0.131. The van der Waals surface area contributed by atoms with Crippen molar-refractivity contribution in [3.8, 4) is 0 Å². The summed E-state index contributed by atoms with van der Waals surface area (Å²) < 4.78 is 4.95. The van der Waals surface area contributed by atoms with Gasteiger partial charge in [-0.15, -0.1) is 0 Å². The molecule has 142 valence electrons. The fraction of sp³-hybridized carbons (Fsp3) is 0.286. The number of amides is 2. The summed E-state index contributed by atoms with van der Waals surface area (Å²) >= 11 is 0. The number of rotatable bonds is 8. The van der Waals surface area contributed by atoms with Crippen LogP contribution in [0.4, 0.5) is 5.69 Å². The minimum Gasteiger partial charge on any atom is -0.462 e. The molecule has 0 aliphatic rings. The highest BCUT2D eigenvalue weighted by molar-refractivity contribution is 5.94. The summed E-state index contributed by atoms with van der Waals surface area (Å²) in [5.74, 6) is -0.707. The molecule has 0 aliphatic carbocycles. The van der Waals surface area contributed by atoms with Crippen molar-refractivity contribution < 1.29 is 19.1 Å². The number of hydrogen-bond acceptors (Lipinski definition) is 4. The lowest BCUT2D eigenvalue weighted by molar-refractivity contribution is -0.121. The van der Waals surface area contributed by atoms with Crippen LogP contribution in [0, 0.1) is 0 Å². The molecule has 0 saturated heterocycles. The van der Waals surface area contributed by atoms with Gasteiger partial charge in [-0.1, -0.05) is 30.3 Å². The lowest BCUT2D eigenvalue weighted by Gasteiger charge is -2.21. The predicted octanol–water partition coefficient (Wildman–Crippen LogP) is 2.92. The van der Waals surface area contributed by atoms with Crippen molar-refractivity contribution in [3.05, 3.63) is 65.7 Å². The number of benzene rings is 2. The fourth-order valence-corrected chi connectivity index (χ4v) is 2.56. The maximum atomic E-state index is 12.1. The van der Waals surface area contributed by atoms with E-state index in [-0.39, 0.29) is 24.8 Å². The first-order valence-electron chi connectivity index (χ1n) is 8.87. The van der Waals surface area contributed by atoms with Crippen LogP contribution in [0.5, 0.6) is 0 Å². The van der Waals surface area contributed by atoms with E-state index in [2.05, 4.69) is 5.32 Å². The molecule has 0 radical (unpaired) electrons. The Balaban J connectivity index is 1.92. The average Bonchev–Trinajstić information content (AvgIpc) is 2.68. The summed E-state index contributed by atoms with van der Waals surface area (Å²) in [4.78, 5) is 37.3. The zero-order valence-corrected chi connectivity index (χ0v) is 15.6. The molecule has 1 N–H and O–H groups in total. The number of nitrogens with zero attached hydrogens (tertiary/aromatic N) is 1. The Bertz CT molecular complexity index is 773. The Kier molecular flexibility index (Phi) is 7.55. The third-order valence-corrected chi connectivity index (χ3v) is 3.97. The lowest BCUT2D eigenvalue weighted by Crippen LogP contribution is -2.33. The van der Waals surface area contributed by atoms with E-state index in [1.54, 1.807) is 31.2 Å². The monoisotopic (exact) mass is 368 g/mol. The number of esters is 1. The van der Waals surface area contributed by atoms with Crippen molar-refractivity contribution in [2.45, 2.75) is 26.8 Å². The third-order valence-electron chi connectivity index (χ3n) is 3.97. The molecule has 2 aromatic rings. The number of carbonyl (C=O) groups excluding carboxylic acids is 3. The van der Waals surface area contributed by atoms with Crippen LogP contribution in [0.15, 0.2) is 54.6 Å². The number of carbonyl (C=O) groups is 3. The van der Waals surface area contributed by atoms with Gasteiger partial charge in [-0.05, 0) is 36.8 Å². The van der Waals surface area contributed by atoms with Crippen molar-refractivity contribution >= 4 is 23.5 Å². The quantitative estimate of drug-likeness (QED) is 0.727. The Morgan fingerprint density at radius 1 is 1.00 bits per heavy atom. The number of anilines is 1. The third kappa shape index (κ3) is 6.26. The van der Waals surface area contributed by atoms with E-state index in [9.17, 15) is 14.4 Å². The van der Waals surface area contributed by atoms with Crippen LogP contribution < -0.4 is 10.2 Å². The maximum Gasteiger partial charge on any atom is 0.338 e. The molecule has 0 heterocycles. The molecular formula is C21H24N2O4. The topological polar surface area (TPSA) is 75.7 Å². The Labute approximate surface area is 159 Å². The van der Waals surface area contributed by atoms with Gasteiger partial charge in [0, 0.05) is 32.1 Å². The maximum absolute atomic E-state index is 12.1. The summed E-state index contributed by atoms with van der Waals surface area (Å²) in [6.45, 7) is 4.20. The molecule has 0 unspecified atom stereocenters. The highest BCUT2D eigenvalue weighted by atomic mass is 16.5. The van der Waals surface area contributed by atoms with E-state index in [0.717, 1.165) is 5.56 Å². The van der Waals surface area contributed by atoms with Gasteiger partial charge in [0.15, 0.2) is 0 Å². The molecule has 0 spiro atoms. The van der Waals surface area contributed by atoms with E-state index in [4.69, 9.17) is 4.74 Å². The molecule has 0 aliphatic heterocycles. The summed E-state index contributed by atoms with van der Waals surface area (Å²) in [5.41, 5.74) is 2.07. The van der Waals surface area contributed by atoms with Crippen LogP contribution in [0.25, 0.3) is 0 Å². The highest BCUT2D eigenvalue weighted by Gasteiger charge is 2.14. The zero-order valence-electron chi connectivity index (χ0n) is 15.6. The minimum atomic E-state index is -0.404. The zero-order chi connectivity index (χ0) is 19.6. The standard InChI is InChI=1S/C21H24N2O4/c1-3-27-21(26)18-9-11-19(12-10-18)23(16(2)24)14-13-20(25)22-15-17-7-5-4-6-8-17/h4-12H,3,13-15H2,1-2H3,(H,22,25). The molecule has 2 aromatic carbocycles. The van der Waals surface area contributed by atoms with Crippen LogP contribution in [0.3, 0.4) is 0 Å².